The minimum Gasteiger partial charge on any atom is -0.494 e. The van der Waals surface area contributed by atoms with Crippen LogP contribution in [0.25, 0.3) is 17.1 Å². The van der Waals surface area contributed by atoms with Crippen molar-refractivity contribution < 1.29 is 23.7 Å². The largest absolute Gasteiger partial charge is 0.494 e. The highest BCUT2D eigenvalue weighted by molar-refractivity contribution is 6.30. The van der Waals surface area contributed by atoms with Crippen LogP contribution >= 0.6 is 11.6 Å². The second kappa shape index (κ2) is 11.2. The maximum absolute atomic E-state index is 12.5. The third-order valence-corrected chi connectivity index (χ3v) is 9.37. The molecule has 7 rings (SSSR count). The van der Waals surface area contributed by atoms with E-state index in [-0.39, 0.29) is 12.1 Å². The van der Waals surface area contributed by atoms with E-state index in [0.717, 1.165) is 59.9 Å². The van der Waals surface area contributed by atoms with Gasteiger partial charge in [0.2, 0.25) is 0 Å². The van der Waals surface area contributed by atoms with E-state index < -0.39 is 11.6 Å². The van der Waals surface area contributed by atoms with Gasteiger partial charge in [-0.1, -0.05) is 29.8 Å². The van der Waals surface area contributed by atoms with Gasteiger partial charge in [-0.2, -0.15) is 0 Å². The summed E-state index contributed by atoms with van der Waals surface area (Å²) in [5.41, 5.74) is 5.58. The fourth-order valence-electron chi connectivity index (χ4n) is 6.51. The molecule has 0 amide bonds. The number of aromatic nitrogens is 3. The smallest absolute Gasteiger partial charge is 0.338 e. The Balaban J connectivity index is 1.25. The maximum Gasteiger partial charge on any atom is 0.338 e. The number of esters is 1. The highest BCUT2D eigenvalue weighted by Crippen LogP contribution is 2.45. The van der Waals surface area contributed by atoms with E-state index in [9.17, 15) is 4.79 Å². The summed E-state index contributed by atoms with van der Waals surface area (Å²) < 4.78 is 25.5. The van der Waals surface area contributed by atoms with Crippen molar-refractivity contribution in [2.45, 2.75) is 57.5 Å². The minimum atomic E-state index is -0.723. The van der Waals surface area contributed by atoms with E-state index in [2.05, 4.69) is 45.7 Å². The monoisotopic (exact) mass is 614 g/mol. The lowest BCUT2D eigenvalue weighted by atomic mass is 9.87. The van der Waals surface area contributed by atoms with Gasteiger partial charge >= 0.3 is 5.97 Å². The normalized spacial score (nSPS) is 22.6. The third-order valence-electron chi connectivity index (χ3n) is 9.14. The van der Waals surface area contributed by atoms with E-state index >= 15 is 0 Å². The molecule has 0 aliphatic carbocycles. The number of benzene rings is 2. The van der Waals surface area contributed by atoms with Gasteiger partial charge in [-0.25, -0.2) is 9.78 Å². The molecule has 0 saturated carbocycles. The van der Waals surface area contributed by atoms with Crippen LogP contribution in [0.2, 0.25) is 5.02 Å². The summed E-state index contributed by atoms with van der Waals surface area (Å²) in [4.78, 5) is 24.6. The molecule has 3 aliphatic heterocycles. The first-order valence-electron chi connectivity index (χ1n) is 14.9. The van der Waals surface area contributed by atoms with Gasteiger partial charge in [0.1, 0.15) is 22.8 Å². The molecule has 9 nitrogen and oxygen atoms in total. The summed E-state index contributed by atoms with van der Waals surface area (Å²) >= 11 is 6.13. The summed E-state index contributed by atoms with van der Waals surface area (Å²) in [6.07, 6.45) is 7.82. The van der Waals surface area contributed by atoms with Crippen LogP contribution in [0, 0.1) is 0 Å². The van der Waals surface area contributed by atoms with Crippen LogP contribution in [0.5, 0.6) is 11.5 Å². The highest BCUT2D eigenvalue weighted by atomic mass is 35.5. The maximum atomic E-state index is 12.5. The van der Waals surface area contributed by atoms with Crippen LogP contribution in [0.4, 0.5) is 0 Å². The number of nitrogens with zero attached hydrogens (tertiary/aromatic N) is 4. The summed E-state index contributed by atoms with van der Waals surface area (Å²) in [6, 6.07) is 11.7. The summed E-state index contributed by atoms with van der Waals surface area (Å²) in [5, 5.41) is 0.591. The van der Waals surface area contributed by atoms with Gasteiger partial charge in [-0.3, -0.25) is 9.88 Å². The van der Waals surface area contributed by atoms with E-state index in [4.69, 9.17) is 35.5 Å². The number of hydrogen-bond acceptors (Lipinski definition) is 8. The molecule has 5 heterocycles. The molecule has 2 aromatic carbocycles. The molecule has 0 bridgehead atoms. The van der Waals surface area contributed by atoms with E-state index in [1.54, 1.807) is 19.4 Å². The van der Waals surface area contributed by atoms with E-state index in [1.165, 1.54) is 18.2 Å². The first kappa shape index (κ1) is 28.8. The SMILES string of the molecule is COC(=O)c1cc(OC)c2nc(CN3CCc4ccc5c(c4C3C)OC(C)(c3ccc(Cl)cn3)C=C5)n(C[C@@H]3CCO3)c2c1. The topological polar surface area (TPSA) is 87.9 Å². The molecule has 3 aliphatic rings. The van der Waals surface area contributed by atoms with Crippen LogP contribution < -0.4 is 9.47 Å². The minimum absolute atomic E-state index is 0.0587. The van der Waals surface area contributed by atoms with Crippen LogP contribution in [0.1, 0.15) is 64.9 Å². The van der Waals surface area contributed by atoms with Crippen LogP contribution in [0.3, 0.4) is 0 Å². The van der Waals surface area contributed by atoms with Crippen molar-refractivity contribution in [1.29, 1.82) is 0 Å². The fraction of sp³-hybridized carbons (Fsp3) is 0.382. The second-order valence-corrected chi connectivity index (χ2v) is 12.3. The molecule has 0 spiro atoms. The second-order valence-electron chi connectivity index (χ2n) is 11.8. The zero-order chi connectivity index (χ0) is 30.6. The number of imidazole rings is 1. The lowest BCUT2D eigenvalue weighted by Gasteiger charge is -2.39. The number of hydrogen-bond donors (Lipinski definition) is 0. The average Bonchev–Trinajstić information content (AvgIpc) is 3.35. The molecule has 1 saturated heterocycles. The molecule has 44 heavy (non-hydrogen) atoms. The summed E-state index contributed by atoms with van der Waals surface area (Å²) in [6.45, 7) is 7.15. The predicted octanol–water partition coefficient (Wildman–Crippen LogP) is 6.11. The molecule has 3 atom stereocenters. The van der Waals surface area contributed by atoms with Crippen LogP contribution in [-0.4, -0.2) is 58.9 Å². The number of methoxy groups -OCH3 is 2. The standard InChI is InChI=1S/C34H35ClN4O5/c1-20-30-21(5-6-22-9-12-34(2,44-32(22)30)28-8-7-24(35)17-36-28)10-13-38(20)19-29-37-31-26(39(29)18-25-11-14-43-25)15-23(33(40)42-4)16-27(31)41-3/h5-9,12,15-17,20,25H,10-11,13-14,18-19H2,1-4H3/t20?,25-,34?/m0/s1. The molecular weight excluding hydrogens is 580 g/mol. The van der Waals surface area contributed by atoms with Gasteiger partial charge in [0.25, 0.3) is 0 Å². The molecule has 0 radical (unpaired) electrons. The van der Waals surface area contributed by atoms with Crippen molar-refractivity contribution in [1.82, 2.24) is 19.4 Å². The van der Waals surface area contributed by atoms with E-state index in [1.807, 2.05) is 25.1 Å². The van der Waals surface area contributed by atoms with Crippen molar-refractivity contribution in [3.8, 4) is 11.5 Å². The van der Waals surface area contributed by atoms with E-state index in [0.29, 0.717) is 29.4 Å². The molecule has 2 unspecified atom stereocenters. The molecule has 2 aromatic heterocycles. The van der Waals surface area contributed by atoms with Crippen LogP contribution in [0.15, 0.2) is 48.7 Å². The fourth-order valence-corrected chi connectivity index (χ4v) is 6.62. The quantitative estimate of drug-likeness (QED) is 0.231. The molecule has 4 aromatic rings. The van der Waals surface area contributed by atoms with Crippen molar-refractivity contribution in [2.24, 2.45) is 0 Å². The number of pyridine rings is 1. The van der Waals surface area contributed by atoms with Crippen molar-refractivity contribution in [3.05, 3.63) is 87.5 Å². The summed E-state index contributed by atoms with van der Waals surface area (Å²) in [5.74, 6) is 1.91. The number of halogens is 1. The van der Waals surface area contributed by atoms with Gasteiger partial charge in [0, 0.05) is 36.5 Å². The molecule has 228 valence electrons. The number of carbonyl (C=O) groups is 1. The first-order valence-corrected chi connectivity index (χ1v) is 15.3. The van der Waals surface area contributed by atoms with Gasteiger partial charge in [0.05, 0.1) is 55.2 Å². The van der Waals surface area contributed by atoms with Crippen molar-refractivity contribution >= 4 is 34.7 Å². The number of ether oxygens (including phenoxy) is 4. The van der Waals surface area contributed by atoms with Gasteiger partial charge in [-0.15, -0.1) is 0 Å². The Kier molecular flexibility index (Phi) is 7.35. The van der Waals surface area contributed by atoms with Crippen molar-refractivity contribution in [3.63, 3.8) is 0 Å². The predicted molar refractivity (Wildman–Crippen MR) is 167 cm³/mol. The first-order chi connectivity index (χ1) is 21.3. The third kappa shape index (κ3) is 4.93. The average molecular weight is 615 g/mol. The Hall–Kier alpha value is -3.92. The Morgan fingerprint density at radius 3 is 2.75 bits per heavy atom. The van der Waals surface area contributed by atoms with Gasteiger partial charge in [-0.05, 0) is 62.6 Å². The Morgan fingerprint density at radius 1 is 1.20 bits per heavy atom. The zero-order valence-electron chi connectivity index (χ0n) is 25.3. The van der Waals surface area contributed by atoms with Crippen molar-refractivity contribution in [2.75, 3.05) is 27.4 Å². The Morgan fingerprint density at radius 2 is 2.05 bits per heavy atom. The molecule has 10 heteroatoms. The number of carbonyl (C=O) groups excluding carboxylic acids is 1. The van der Waals surface area contributed by atoms with Gasteiger partial charge < -0.3 is 23.5 Å². The van der Waals surface area contributed by atoms with Crippen LogP contribution in [-0.2, 0) is 34.6 Å². The molecule has 0 N–H and O–H groups in total. The Bertz CT molecular complexity index is 1780. The Labute approximate surface area is 261 Å². The number of rotatable bonds is 7. The summed E-state index contributed by atoms with van der Waals surface area (Å²) in [7, 11) is 2.98. The number of fused-ring (bicyclic) bond motifs is 4. The lowest BCUT2D eigenvalue weighted by Crippen LogP contribution is -2.37. The molecular formula is C34H35ClN4O5. The lowest BCUT2D eigenvalue weighted by molar-refractivity contribution is -0.0592. The molecule has 1 fully saturated rings. The highest BCUT2D eigenvalue weighted by Gasteiger charge is 2.37. The van der Waals surface area contributed by atoms with Gasteiger partial charge in [0.15, 0.2) is 5.60 Å². The zero-order valence-corrected chi connectivity index (χ0v) is 26.1.